The molecule has 10 heteroatoms. The minimum atomic E-state index is -3.82. The Morgan fingerprint density at radius 1 is 1.22 bits per heavy atom. The summed E-state index contributed by atoms with van der Waals surface area (Å²) in [5, 5.41) is 0.349. The molecule has 0 aromatic heterocycles. The third-order valence-electron chi connectivity index (χ3n) is 5.20. The Hall–Kier alpha value is -1.81. The van der Waals surface area contributed by atoms with Gasteiger partial charge in [0.2, 0.25) is 10.0 Å². The number of ether oxygens (including phenoxy) is 1. The molecule has 1 amide bonds. The number of amides is 1. The molecule has 0 aliphatic carbocycles. The molecule has 6 nitrogen and oxygen atoms in total. The van der Waals surface area contributed by atoms with Gasteiger partial charge in [0.05, 0.1) is 17.6 Å². The highest BCUT2D eigenvalue weighted by atomic mass is 35.5. The highest BCUT2D eigenvalue weighted by Crippen LogP contribution is 2.26. The van der Waals surface area contributed by atoms with E-state index in [2.05, 4.69) is 4.72 Å². The number of piperidine rings is 1. The smallest absolute Gasteiger partial charge is 0.257 e. The number of methoxy groups -OCH3 is 1. The zero-order valence-electron chi connectivity index (χ0n) is 17.8. The van der Waals surface area contributed by atoms with E-state index in [0.29, 0.717) is 40.9 Å². The van der Waals surface area contributed by atoms with E-state index < -0.39 is 10.0 Å². The van der Waals surface area contributed by atoms with Crippen molar-refractivity contribution < 1.29 is 22.3 Å². The lowest BCUT2D eigenvalue weighted by Gasteiger charge is -2.27. The van der Waals surface area contributed by atoms with E-state index in [1.165, 1.54) is 43.1 Å². The molecule has 32 heavy (non-hydrogen) atoms. The van der Waals surface area contributed by atoms with Gasteiger partial charge in [0.15, 0.2) is 0 Å². The Morgan fingerprint density at radius 2 is 1.97 bits per heavy atom. The summed E-state index contributed by atoms with van der Waals surface area (Å²) in [5.41, 5.74) is 0.638. The summed E-state index contributed by atoms with van der Waals surface area (Å²) in [6.07, 6.45) is 2.95. The normalized spacial score (nSPS) is 14.4. The summed E-state index contributed by atoms with van der Waals surface area (Å²) in [5.74, 6) is 0.506. The zero-order chi connectivity index (χ0) is 23.1. The molecule has 1 N–H and O–H groups in total. The van der Waals surface area contributed by atoms with Crippen LogP contribution in [0.3, 0.4) is 0 Å². The first kappa shape index (κ1) is 24.8. The summed E-state index contributed by atoms with van der Waals surface area (Å²) in [6.45, 7) is 1.46. The summed E-state index contributed by atoms with van der Waals surface area (Å²) in [7, 11) is -2.37. The number of hydrogen-bond donors (Lipinski definition) is 1. The van der Waals surface area contributed by atoms with E-state index >= 15 is 0 Å². The fourth-order valence-electron chi connectivity index (χ4n) is 3.46. The minimum absolute atomic E-state index is 0.000748. The Kier molecular flexibility index (Phi) is 8.81. The van der Waals surface area contributed by atoms with Crippen LogP contribution >= 0.6 is 23.4 Å². The molecule has 1 saturated heterocycles. The number of halogens is 2. The predicted molar refractivity (Wildman–Crippen MR) is 126 cm³/mol. The second-order valence-corrected chi connectivity index (χ2v) is 10.6. The maximum Gasteiger partial charge on any atom is 0.257 e. The maximum atomic E-state index is 13.8. The van der Waals surface area contributed by atoms with Gasteiger partial charge in [-0.3, -0.25) is 4.79 Å². The monoisotopic (exact) mass is 500 g/mol. The van der Waals surface area contributed by atoms with Crippen LogP contribution in [0.5, 0.6) is 5.75 Å². The number of sulfonamides is 1. The van der Waals surface area contributed by atoms with E-state index in [-0.39, 0.29) is 28.7 Å². The zero-order valence-corrected chi connectivity index (χ0v) is 20.2. The number of benzene rings is 2. The molecule has 2 aromatic rings. The molecule has 3 rings (SSSR count). The van der Waals surface area contributed by atoms with Gasteiger partial charge in [0.1, 0.15) is 11.6 Å². The Balaban J connectivity index is 1.62. The third kappa shape index (κ3) is 6.15. The molecule has 1 aliphatic heterocycles. The van der Waals surface area contributed by atoms with Crippen LogP contribution in [0.2, 0.25) is 5.02 Å². The van der Waals surface area contributed by atoms with Crippen molar-refractivity contribution in [1.29, 1.82) is 0 Å². The van der Waals surface area contributed by atoms with Crippen LogP contribution in [0.4, 0.5) is 4.39 Å². The molecule has 0 spiro atoms. The molecular weight excluding hydrogens is 475 g/mol. The van der Waals surface area contributed by atoms with E-state index in [9.17, 15) is 17.6 Å². The molecule has 2 aromatic carbocycles. The lowest BCUT2D eigenvalue weighted by atomic mass is 10.1. The Morgan fingerprint density at radius 3 is 2.66 bits per heavy atom. The van der Waals surface area contributed by atoms with Crippen molar-refractivity contribution in [2.75, 3.05) is 32.5 Å². The second-order valence-electron chi connectivity index (χ2n) is 7.37. The molecule has 0 atom stereocenters. The van der Waals surface area contributed by atoms with Crippen LogP contribution in [0, 0.1) is 5.82 Å². The van der Waals surface area contributed by atoms with Gasteiger partial charge >= 0.3 is 0 Å². The van der Waals surface area contributed by atoms with Crippen molar-refractivity contribution in [1.82, 2.24) is 9.62 Å². The Bertz CT molecular complexity index is 1040. The van der Waals surface area contributed by atoms with E-state index in [0.717, 1.165) is 19.3 Å². The summed E-state index contributed by atoms with van der Waals surface area (Å²) < 4.78 is 47.2. The van der Waals surface area contributed by atoms with Gasteiger partial charge in [-0.15, -0.1) is 0 Å². The van der Waals surface area contributed by atoms with E-state index in [1.807, 2.05) is 0 Å². The van der Waals surface area contributed by atoms with Gasteiger partial charge in [-0.2, -0.15) is 11.8 Å². The minimum Gasteiger partial charge on any atom is -0.496 e. The van der Waals surface area contributed by atoms with Crippen LogP contribution in [0.25, 0.3) is 0 Å². The van der Waals surface area contributed by atoms with Crippen LogP contribution in [-0.4, -0.2) is 51.7 Å². The van der Waals surface area contributed by atoms with Crippen LogP contribution < -0.4 is 9.46 Å². The van der Waals surface area contributed by atoms with Gasteiger partial charge in [-0.1, -0.05) is 17.7 Å². The molecular formula is C22H26ClFN2O4S2. The van der Waals surface area contributed by atoms with E-state index in [1.54, 1.807) is 17.0 Å². The first-order valence-corrected chi connectivity index (χ1v) is 13.3. The summed E-state index contributed by atoms with van der Waals surface area (Å²) in [6, 6.07) is 8.79. The van der Waals surface area contributed by atoms with Gasteiger partial charge in [0.25, 0.3) is 5.91 Å². The predicted octanol–water partition coefficient (Wildman–Crippen LogP) is 4.33. The number of nitrogens with one attached hydrogen (secondary N) is 1. The molecule has 0 bridgehead atoms. The number of carbonyl (C=O) groups excluding carboxylic acids is 1. The van der Waals surface area contributed by atoms with Crippen molar-refractivity contribution in [2.24, 2.45) is 0 Å². The van der Waals surface area contributed by atoms with Gasteiger partial charge in [0, 0.05) is 41.7 Å². The maximum absolute atomic E-state index is 13.8. The number of rotatable bonds is 9. The van der Waals surface area contributed by atoms with Crippen molar-refractivity contribution >= 4 is 39.3 Å². The number of nitrogens with zero attached hydrogens (tertiary/aromatic N) is 1. The highest BCUT2D eigenvalue weighted by Gasteiger charge is 2.24. The second kappa shape index (κ2) is 11.4. The third-order valence-corrected chi connectivity index (χ3v) is 8.00. The number of likely N-dealkylation sites (tertiary alicyclic amines) is 1. The lowest BCUT2D eigenvalue weighted by molar-refractivity contribution is 0.0720. The molecule has 0 unspecified atom stereocenters. The number of carbonyl (C=O) groups is 1. The molecule has 0 radical (unpaired) electrons. The van der Waals surface area contributed by atoms with Crippen molar-refractivity contribution in [3.05, 3.63) is 58.4 Å². The first-order valence-electron chi connectivity index (χ1n) is 10.3. The molecule has 174 valence electrons. The van der Waals surface area contributed by atoms with Gasteiger partial charge < -0.3 is 9.64 Å². The van der Waals surface area contributed by atoms with Crippen molar-refractivity contribution in [3.63, 3.8) is 0 Å². The summed E-state index contributed by atoms with van der Waals surface area (Å²) >= 11 is 7.38. The van der Waals surface area contributed by atoms with Crippen LogP contribution in [-0.2, 0) is 15.8 Å². The number of thioether (sulfide) groups is 1. The summed E-state index contributed by atoms with van der Waals surface area (Å²) in [4.78, 5) is 14.7. The standard InChI is InChI=1S/C22H26ClFN2O4S2/c1-30-21-9-8-16(14-17(21)22(27)26-11-3-2-4-12-26)32(28,29)25-10-13-31-15-18-19(23)6-5-7-20(18)24/h5-9,14,25H,2-4,10-13,15H2,1H3. The van der Waals surface area contributed by atoms with Crippen molar-refractivity contribution in [2.45, 2.75) is 29.9 Å². The fraction of sp³-hybridized carbons (Fsp3) is 0.409. The van der Waals surface area contributed by atoms with Crippen LogP contribution in [0.15, 0.2) is 41.3 Å². The first-order chi connectivity index (χ1) is 15.3. The van der Waals surface area contributed by atoms with Gasteiger partial charge in [-0.05, 0) is 49.6 Å². The van der Waals surface area contributed by atoms with Gasteiger partial charge in [-0.25, -0.2) is 17.5 Å². The largest absolute Gasteiger partial charge is 0.496 e. The molecule has 1 heterocycles. The van der Waals surface area contributed by atoms with Crippen LogP contribution in [0.1, 0.15) is 35.2 Å². The average molecular weight is 501 g/mol. The molecule has 0 saturated carbocycles. The number of hydrogen-bond acceptors (Lipinski definition) is 5. The lowest BCUT2D eigenvalue weighted by Crippen LogP contribution is -2.36. The van der Waals surface area contributed by atoms with Crippen molar-refractivity contribution in [3.8, 4) is 5.75 Å². The molecule has 1 fully saturated rings. The molecule has 1 aliphatic rings. The fourth-order valence-corrected chi connectivity index (χ4v) is 5.85. The SMILES string of the molecule is COc1ccc(S(=O)(=O)NCCSCc2c(F)cccc2Cl)cc1C(=O)N1CCCCC1. The van der Waals surface area contributed by atoms with E-state index in [4.69, 9.17) is 16.3 Å². The Labute approximate surface area is 197 Å². The topological polar surface area (TPSA) is 75.7 Å². The average Bonchev–Trinajstić information content (AvgIpc) is 2.80. The highest BCUT2D eigenvalue weighted by molar-refractivity contribution is 7.98. The quantitative estimate of drug-likeness (QED) is 0.519.